The van der Waals surface area contributed by atoms with Crippen LogP contribution in [0.4, 0.5) is 4.39 Å². The maximum atomic E-state index is 13.7. The van der Waals surface area contributed by atoms with Gasteiger partial charge in [0.25, 0.3) is 0 Å². The van der Waals surface area contributed by atoms with Crippen LogP contribution in [0.1, 0.15) is 20.7 Å². The van der Waals surface area contributed by atoms with Gasteiger partial charge in [-0.05, 0) is 42.5 Å². The van der Waals surface area contributed by atoms with Gasteiger partial charge in [0.1, 0.15) is 11.6 Å². The van der Waals surface area contributed by atoms with Crippen molar-refractivity contribution in [1.29, 1.82) is 0 Å². The van der Waals surface area contributed by atoms with E-state index in [9.17, 15) is 22.4 Å². The van der Waals surface area contributed by atoms with Crippen molar-refractivity contribution in [3.8, 4) is 5.75 Å². The van der Waals surface area contributed by atoms with Gasteiger partial charge in [-0.1, -0.05) is 0 Å². The normalized spacial score (nSPS) is 11.0. The van der Waals surface area contributed by atoms with Crippen LogP contribution in [0.15, 0.2) is 47.4 Å². The van der Waals surface area contributed by atoms with Crippen molar-refractivity contribution in [3.05, 3.63) is 59.4 Å². The van der Waals surface area contributed by atoms with Crippen molar-refractivity contribution < 1.29 is 31.9 Å². The Morgan fingerprint density at radius 1 is 1.12 bits per heavy atom. The fourth-order valence-corrected chi connectivity index (χ4v) is 2.45. The van der Waals surface area contributed by atoms with Gasteiger partial charge in [-0.25, -0.2) is 22.7 Å². The van der Waals surface area contributed by atoms with E-state index < -0.39 is 44.7 Å². The lowest BCUT2D eigenvalue weighted by Gasteiger charge is -2.07. The summed E-state index contributed by atoms with van der Waals surface area (Å²) >= 11 is 0. The van der Waals surface area contributed by atoms with Crippen molar-refractivity contribution in [1.82, 2.24) is 0 Å². The summed E-state index contributed by atoms with van der Waals surface area (Å²) in [5.41, 5.74) is -0.360. The minimum Gasteiger partial charge on any atom is -0.497 e. The number of carbonyl (C=O) groups excluding carboxylic acids is 2. The number of ether oxygens (including phenoxy) is 2. The van der Waals surface area contributed by atoms with E-state index in [4.69, 9.17) is 14.6 Å². The summed E-state index contributed by atoms with van der Waals surface area (Å²) < 4.78 is 45.9. The van der Waals surface area contributed by atoms with Crippen LogP contribution in [0, 0.1) is 5.82 Å². The molecule has 0 aromatic heterocycles. The van der Waals surface area contributed by atoms with E-state index in [0.29, 0.717) is 5.75 Å². The fraction of sp³-hybridized carbons (Fsp3) is 0.125. The lowest BCUT2D eigenvalue weighted by atomic mass is 10.1. The largest absolute Gasteiger partial charge is 0.497 e. The van der Waals surface area contributed by atoms with Crippen LogP contribution < -0.4 is 9.88 Å². The van der Waals surface area contributed by atoms with Crippen molar-refractivity contribution in [2.75, 3.05) is 13.7 Å². The Hall–Kier alpha value is -2.78. The molecule has 0 aliphatic carbocycles. The molecule has 2 aromatic rings. The standard InChI is InChI=1S/C16H14FNO6S/c1-23-11-4-2-10(3-5-11)15(19)9-24-16(20)13-8-12(25(18,21)22)6-7-14(13)17/h2-8H,9H2,1H3,(H2,18,21,22). The predicted molar refractivity (Wildman–Crippen MR) is 85.4 cm³/mol. The van der Waals surface area contributed by atoms with Crippen LogP contribution in [0.2, 0.25) is 0 Å². The quantitative estimate of drug-likeness (QED) is 0.612. The SMILES string of the molecule is COc1ccc(C(=O)COC(=O)c2cc(S(N)(=O)=O)ccc2F)cc1. The van der Waals surface area contributed by atoms with Gasteiger partial charge in [0, 0.05) is 5.56 Å². The van der Waals surface area contributed by atoms with Crippen LogP contribution in [-0.2, 0) is 14.8 Å². The van der Waals surface area contributed by atoms with E-state index in [0.717, 1.165) is 18.2 Å². The van der Waals surface area contributed by atoms with Gasteiger partial charge in [-0.2, -0.15) is 0 Å². The van der Waals surface area contributed by atoms with E-state index in [-0.39, 0.29) is 5.56 Å². The Bertz CT molecular complexity index is 909. The second-order valence-electron chi connectivity index (χ2n) is 4.91. The molecule has 0 radical (unpaired) electrons. The summed E-state index contributed by atoms with van der Waals surface area (Å²) in [5, 5.41) is 4.93. The zero-order chi connectivity index (χ0) is 18.6. The molecule has 25 heavy (non-hydrogen) atoms. The summed E-state index contributed by atoms with van der Waals surface area (Å²) in [6.45, 7) is -0.635. The third-order valence-electron chi connectivity index (χ3n) is 3.23. The first-order chi connectivity index (χ1) is 11.7. The molecule has 0 amide bonds. The summed E-state index contributed by atoms with van der Waals surface area (Å²) in [6, 6.07) is 8.54. The summed E-state index contributed by atoms with van der Waals surface area (Å²) in [6.07, 6.45) is 0. The van der Waals surface area contributed by atoms with E-state index in [1.165, 1.54) is 19.2 Å². The molecule has 2 rings (SSSR count). The Morgan fingerprint density at radius 2 is 1.76 bits per heavy atom. The van der Waals surface area contributed by atoms with E-state index in [2.05, 4.69) is 0 Å². The molecule has 0 aliphatic heterocycles. The van der Waals surface area contributed by atoms with Crippen LogP contribution in [0.25, 0.3) is 0 Å². The second-order valence-corrected chi connectivity index (χ2v) is 6.48. The van der Waals surface area contributed by atoms with Crippen molar-refractivity contribution in [2.24, 2.45) is 5.14 Å². The monoisotopic (exact) mass is 367 g/mol. The first-order valence-corrected chi connectivity index (χ1v) is 8.43. The van der Waals surface area contributed by atoms with E-state index in [1.807, 2.05) is 0 Å². The number of hydrogen-bond acceptors (Lipinski definition) is 6. The molecule has 0 bridgehead atoms. The van der Waals surface area contributed by atoms with Gasteiger partial charge >= 0.3 is 5.97 Å². The fourth-order valence-electron chi connectivity index (χ4n) is 1.91. The third-order valence-corrected chi connectivity index (χ3v) is 4.14. The Balaban J connectivity index is 2.10. The first kappa shape index (κ1) is 18.6. The van der Waals surface area contributed by atoms with E-state index in [1.54, 1.807) is 12.1 Å². The molecule has 2 aromatic carbocycles. The summed E-state index contributed by atoms with van der Waals surface area (Å²) in [5.74, 6) is -2.13. The molecule has 0 unspecified atom stereocenters. The molecule has 0 fully saturated rings. The molecule has 0 heterocycles. The third kappa shape index (κ3) is 4.61. The highest BCUT2D eigenvalue weighted by Crippen LogP contribution is 2.16. The van der Waals surface area contributed by atoms with Gasteiger partial charge in [-0.3, -0.25) is 4.79 Å². The number of benzene rings is 2. The minimum atomic E-state index is -4.11. The Kier molecular flexibility index (Phi) is 5.50. The van der Waals surface area contributed by atoms with Crippen molar-refractivity contribution in [2.45, 2.75) is 4.90 Å². The molecular weight excluding hydrogens is 353 g/mol. The Labute approximate surface area is 143 Å². The number of carbonyl (C=O) groups is 2. The maximum absolute atomic E-state index is 13.7. The van der Waals surface area contributed by atoms with Crippen LogP contribution >= 0.6 is 0 Å². The number of Topliss-reactive ketones (excluding diaryl/α,β-unsaturated/α-hetero) is 1. The molecule has 7 nitrogen and oxygen atoms in total. The average Bonchev–Trinajstić information content (AvgIpc) is 2.58. The van der Waals surface area contributed by atoms with Gasteiger partial charge in [0.15, 0.2) is 12.4 Å². The van der Waals surface area contributed by atoms with Gasteiger partial charge in [0.05, 0.1) is 17.6 Å². The molecule has 0 aliphatic rings. The molecule has 132 valence electrons. The molecule has 0 spiro atoms. The minimum absolute atomic E-state index is 0.271. The van der Waals surface area contributed by atoms with Crippen LogP contribution in [-0.4, -0.2) is 33.9 Å². The molecule has 9 heteroatoms. The lowest BCUT2D eigenvalue weighted by Crippen LogP contribution is -2.17. The second kappa shape index (κ2) is 7.41. The topological polar surface area (TPSA) is 113 Å². The number of methoxy groups -OCH3 is 1. The number of halogens is 1. The average molecular weight is 367 g/mol. The zero-order valence-electron chi connectivity index (χ0n) is 13.1. The molecule has 0 atom stereocenters. The van der Waals surface area contributed by atoms with Crippen LogP contribution in [0.3, 0.4) is 0 Å². The van der Waals surface area contributed by atoms with Crippen molar-refractivity contribution in [3.63, 3.8) is 0 Å². The number of esters is 1. The zero-order valence-corrected chi connectivity index (χ0v) is 13.9. The molecule has 2 N–H and O–H groups in total. The molecule has 0 saturated carbocycles. The van der Waals surface area contributed by atoms with Gasteiger partial charge in [0.2, 0.25) is 10.0 Å². The number of nitrogens with two attached hydrogens (primary N) is 1. The van der Waals surface area contributed by atoms with E-state index >= 15 is 0 Å². The number of hydrogen-bond donors (Lipinski definition) is 1. The molecule has 0 saturated heterocycles. The highest BCUT2D eigenvalue weighted by molar-refractivity contribution is 7.89. The van der Waals surface area contributed by atoms with Gasteiger partial charge in [-0.15, -0.1) is 0 Å². The molecular formula is C16H14FNO6S. The summed E-state index contributed by atoms with van der Waals surface area (Å²) in [4.78, 5) is 23.4. The number of ketones is 1. The highest BCUT2D eigenvalue weighted by Gasteiger charge is 2.19. The predicted octanol–water partition coefficient (Wildman–Crippen LogP) is 1.52. The lowest BCUT2D eigenvalue weighted by molar-refractivity contribution is 0.0470. The highest BCUT2D eigenvalue weighted by atomic mass is 32.2. The first-order valence-electron chi connectivity index (χ1n) is 6.89. The number of rotatable bonds is 6. The maximum Gasteiger partial charge on any atom is 0.341 e. The van der Waals surface area contributed by atoms with Crippen LogP contribution in [0.5, 0.6) is 5.75 Å². The van der Waals surface area contributed by atoms with Gasteiger partial charge < -0.3 is 9.47 Å². The summed E-state index contributed by atoms with van der Waals surface area (Å²) in [7, 11) is -2.63. The Morgan fingerprint density at radius 3 is 2.32 bits per heavy atom. The number of sulfonamides is 1. The number of primary sulfonamides is 1. The smallest absolute Gasteiger partial charge is 0.341 e. The van der Waals surface area contributed by atoms with Crippen molar-refractivity contribution >= 4 is 21.8 Å².